The van der Waals surface area contributed by atoms with Crippen LogP contribution in [0.25, 0.3) is 0 Å². The predicted octanol–water partition coefficient (Wildman–Crippen LogP) is 3.54. The fraction of sp³-hybridized carbons (Fsp3) is 0.647. The van der Waals surface area contributed by atoms with Crippen LogP contribution < -0.4 is 10.6 Å². The monoisotopic (exact) mass is 294 g/mol. The van der Waals surface area contributed by atoms with Crippen molar-refractivity contribution in [2.45, 2.75) is 57.2 Å². The Morgan fingerprint density at radius 2 is 1.90 bits per heavy atom. The Morgan fingerprint density at radius 1 is 1.14 bits per heavy atom. The minimum absolute atomic E-state index is 0.169. The zero-order valence-corrected chi connectivity index (χ0v) is 12.5. The lowest BCUT2D eigenvalue weighted by molar-refractivity contribution is 0.299. The second-order valence-electron chi connectivity index (χ2n) is 6.43. The highest BCUT2D eigenvalue weighted by Crippen LogP contribution is 2.33. The maximum absolute atomic E-state index is 13.9. The van der Waals surface area contributed by atoms with Gasteiger partial charge in [-0.05, 0) is 57.2 Å². The molecule has 0 spiro atoms. The van der Waals surface area contributed by atoms with Crippen molar-refractivity contribution in [3.8, 4) is 0 Å². The predicted molar refractivity (Wildman–Crippen MR) is 80.1 cm³/mol. The second kappa shape index (κ2) is 6.41. The molecule has 0 amide bonds. The molecule has 4 unspecified atom stereocenters. The Morgan fingerprint density at radius 3 is 2.57 bits per heavy atom. The number of nitrogens with one attached hydrogen (secondary N) is 2. The lowest BCUT2D eigenvalue weighted by Gasteiger charge is -2.29. The molecular formula is C17H24F2N2. The molecule has 116 valence electrons. The van der Waals surface area contributed by atoms with Crippen LogP contribution in [0.15, 0.2) is 18.2 Å². The van der Waals surface area contributed by atoms with E-state index in [0.29, 0.717) is 18.0 Å². The molecule has 1 saturated heterocycles. The van der Waals surface area contributed by atoms with Gasteiger partial charge in [-0.3, -0.25) is 0 Å². The molecule has 1 aromatic carbocycles. The van der Waals surface area contributed by atoms with Crippen LogP contribution in [0, 0.1) is 17.6 Å². The van der Waals surface area contributed by atoms with Crippen molar-refractivity contribution < 1.29 is 8.78 Å². The molecule has 0 radical (unpaired) electrons. The minimum Gasteiger partial charge on any atom is -0.314 e. The molecule has 0 bridgehead atoms. The van der Waals surface area contributed by atoms with Gasteiger partial charge in [0.15, 0.2) is 0 Å². The van der Waals surface area contributed by atoms with Crippen LogP contribution in [0.4, 0.5) is 8.78 Å². The van der Waals surface area contributed by atoms with Gasteiger partial charge in [0.25, 0.3) is 0 Å². The number of benzene rings is 1. The fourth-order valence-corrected chi connectivity index (χ4v) is 4.08. The highest BCUT2D eigenvalue weighted by atomic mass is 19.1. The molecule has 1 aliphatic heterocycles. The van der Waals surface area contributed by atoms with Crippen molar-refractivity contribution in [2.75, 3.05) is 6.54 Å². The van der Waals surface area contributed by atoms with Gasteiger partial charge in [0.05, 0.1) is 0 Å². The SMILES string of the molecule is CC(NC1CCCC1C1CCCN1)c1c(F)cccc1F. The van der Waals surface area contributed by atoms with Crippen LogP contribution in [0.2, 0.25) is 0 Å². The summed E-state index contributed by atoms with van der Waals surface area (Å²) < 4.78 is 27.8. The second-order valence-corrected chi connectivity index (χ2v) is 6.43. The van der Waals surface area contributed by atoms with E-state index in [4.69, 9.17) is 0 Å². The van der Waals surface area contributed by atoms with E-state index in [1.807, 2.05) is 6.92 Å². The van der Waals surface area contributed by atoms with Crippen molar-refractivity contribution in [1.29, 1.82) is 0 Å². The summed E-state index contributed by atoms with van der Waals surface area (Å²) in [5.74, 6) is -0.322. The molecular weight excluding hydrogens is 270 g/mol. The smallest absolute Gasteiger partial charge is 0.130 e. The quantitative estimate of drug-likeness (QED) is 0.887. The molecule has 1 aliphatic carbocycles. The summed E-state index contributed by atoms with van der Waals surface area (Å²) >= 11 is 0. The summed E-state index contributed by atoms with van der Waals surface area (Å²) in [6.07, 6.45) is 5.98. The number of hydrogen-bond acceptors (Lipinski definition) is 2. The van der Waals surface area contributed by atoms with Gasteiger partial charge in [0, 0.05) is 23.7 Å². The van der Waals surface area contributed by atoms with Crippen molar-refractivity contribution in [3.63, 3.8) is 0 Å². The minimum atomic E-state index is -0.455. The number of hydrogen-bond donors (Lipinski definition) is 2. The van der Waals surface area contributed by atoms with Crippen LogP contribution in [0.1, 0.15) is 50.6 Å². The standard InChI is InChI=1S/C17H24F2N2/c1-11(17-13(18)6-3-7-14(17)19)21-16-8-2-5-12(16)15-9-4-10-20-15/h3,6-7,11-12,15-16,20-21H,2,4-5,8-10H2,1H3. The molecule has 3 rings (SSSR count). The molecule has 1 saturated carbocycles. The topological polar surface area (TPSA) is 24.1 Å². The maximum Gasteiger partial charge on any atom is 0.130 e. The van der Waals surface area contributed by atoms with Gasteiger partial charge >= 0.3 is 0 Å². The zero-order chi connectivity index (χ0) is 14.8. The highest BCUT2D eigenvalue weighted by molar-refractivity contribution is 5.23. The van der Waals surface area contributed by atoms with E-state index >= 15 is 0 Å². The third kappa shape index (κ3) is 3.11. The third-order valence-corrected chi connectivity index (χ3v) is 5.08. The molecule has 4 heteroatoms. The van der Waals surface area contributed by atoms with E-state index in [1.54, 1.807) is 0 Å². The maximum atomic E-state index is 13.9. The summed E-state index contributed by atoms with van der Waals surface area (Å²) in [7, 11) is 0. The average molecular weight is 294 g/mol. The molecule has 2 fully saturated rings. The van der Waals surface area contributed by atoms with Crippen LogP contribution in [0.5, 0.6) is 0 Å². The first-order valence-electron chi connectivity index (χ1n) is 8.10. The van der Waals surface area contributed by atoms with Crippen LogP contribution in [-0.2, 0) is 0 Å². The Labute approximate surface area is 125 Å². The molecule has 2 nitrogen and oxygen atoms in total. The molecule has 0 aromatic heterocycles. The summed E-state index contributed by atoms with van der Waals surface area (Å²) in [6.45, 7) is 2.96. The normalized spacial score (nSPS) is 30.7. The summed E-state index contributed by atoms with van der Waals surface area (Å²) in [5, 5.41) is 7.06. The van der Waals surface area contributed by atoms with E-state index < -0.39 is 11.6 Å². The van der Waals surface area contributed by atoms with Gasteiger partial charge in [0.2, 0.25) is 0 Å². The number of halogens is 2. The first kappa shape index (κ1) is 14.9. The van der Waals surface area contributed by atoms with E-state index in [-0.39, 0.29) is 11.6 Å². The fourth-order valence-electron chi connectivity index (χ4n) is 4.08. The highest BCUT2D eigenvalue weighted by Gasteiger charge is 2.35. The van der Waals surface area contributed by atoms with Gasteiger partial charge < -0.3 is 10.6 Å². The van der Waals surface area contributed by atoms with Crippen molar-refractivity contribution >= 4 is 0 Å². The van der Waals surface area contributed by atoms with E-state index in [0.717, 1.165) is 13.0 Å². The average Bonchev–Trinajstić information content (AvgIpc) is 3.08. The van der Waals surface area contributed by atoms with Gasteiger partial charge in [-0.1, -0.05) is 12.5 Å². The molecule has 1 heterocycles. The zero-order valence-electron chi connectivity index (χ0n) is 12.5. The lowest BCUT2D eigenvalue weighted by Crippen LogP contribution is -2.43. The largest absolute Gasteiger partial charge is 0.314 e. The Bertz CT molecular complexity index is 465. The van der Waals surface area contributed by atoms with Gasteiger partial charge in [-0.25, -0.2) is 8.78 Å². The molecule has 21 heavy (non-hydrogen) atoms. The van der Waals surface area contributed by atoms with Crippen LogP contribution >= 0.6 is 0 Å². The van der Waals surface area contributed by atoms with Crippen LogP contribution in [0.3, 0.4) is 0 Å². The molecule has 1 aromatic rings. The summed E-state index contributed by atoms with van der Waals surface area (Å²) in [4.78, 5) is 0. The first-order chi connectivity index (χ1) is 10.2. The van der Waals surface area contributed by atoms with E-state index in [1.165, 1.54) is 43.9 Å². The van der Waals surface area contributed by atoms with Crippen LogP contribution in [-0.4, -0.2) is 18.6 Å². The van der Waals surface area contributed by atoms with Crippen molar-refractivity contribution in [2.24, 2.45) is 5.92 Å². The van der Waals surface area contributed by atoms with E-state index in [9.17, 15) is 8.78 Å². The third-order valence-electron chi connectivity index (χ3n) is 5.08. The Hall–Kier alpha value is -1.00. The molecule has 2 N–H and O–H groups in total. The van der Waals surface area contributed by atoms with Gasteiger partial charge in [0.1, 0.15) is 11.6 Å². The molecule has 2 aliphatic rings. The van der Waals surface area contributed by atoms with Gasteiger partial charge in [-0.2, -0.15) is 0 Å². The Kier molecular flexibility index (Phi) is 4.55. The summed E-state index contributed by atoms with van der Waals surface area (Å²) in [6, 6.07) is 4.72. The van der Waals surface area contributed by atoms with Gasteiger partial charge in [-0.15, -0.1) is 0 Å². The van der Waals surface area contributed by atoms with Crippen molar-refractivity contribution in [1.82, 2.24) is 10.6 Å². The lowest BCUT2D eigenvalue weighted by atomic mass is 9.92. The number of rotatable bonds is 4. The van der Waals surface area contributed by atoms with E-state index in [2.05, 4.69) is 10.6 Å². The first-order valence-corrected chi connectivity index (χ1v) is 8.10. The molecule has 4 atom stereocenters. The summed E-state index contributed by atoms with van der Waals surface area (Å²) in [5.41, 5.74) is 0.169. The Balaban J connectivity index is 1.70. The van der Waals surface area contributed by atoms with Crippen molar-refractivity contribution in [3.05, 3.63) is 35.4 Å².